The summed E-state index contributed by atoms with van der Waals surface area (Å²) in [7, 11) is 1.99. The third-order valence-corrected chi connectivity index (χ3v) is 6.27. The van der Waals surface area contributed by atoms with Gasteiger partial charge in [0.25, 0.3) is 0 Å². The number of anilines is 2. The lowest BCUT2D eigenvalue weighted by atomic mass is 10.0. The molecule has 3 aromatic heterocycles. The quantitative estimate of drug-likeness (QED) is 0.386. The first-order valence-electron chi connectivity index (χ1n) is 12.2. The van der Waals surface area contributed by atoms with E-state index in [1.165, 1.54) is 24.5 Å². The van der Waals surface area contributed by atoms with Crippen LogP contribution in [0.15, 0.2) is 61.2 Å². The van der Waals surface area contributed by atoms with Gasteiger partial charge in [-0.25, -0.2) is 14.3 Å². The summed E-state index contributed by atoms with van der Waals surface area (Å²) in [6.07, 6.45) is 1.62. The number of nitrogens with one attached hydrogen (secondary N) is 2. The van der Waals surface area contributed by atoms with Crippen LogP contribution in [0, 0.1) is 11.8 Å². The number of aromatic nitrogens is 4. The number of amides is 2. The van der Waals surface area contributed by atoms with Gasteiger partial charge in [0.1, 0.15) is 5.69 Å². The zero-order valence-corrected chi connectivity index (χ0v) is 21.0. The summed E-state index contributed by atoms with van der Waals surface area (Å²) in [5, 5.41) is 9.28. The molecule has 5 rings (SSSR count). The number of benzene rings is 1. The second-order valence-corrected chi connectivity index (χ2v) is 9.18. The highest BCUT2D eigenvalue weighted by atomic mass is 19.4. The van der Waals surface area contributed by atoms with E-state index in [1.54, 1.807) is 29.0 Å². The highest BCUT2D eigenvalue weighted by molar-refractivity contribution is 5.99. The number of carbonyl (C=O) groups excluding carboxylic acids is 1. The lowest BCUT2D eigenvalue weighted by Crippen LogP contribution is -2.44. The largest absolute Gasteiger partial charge is 0.416 e. The van der Waals surface area contributed by atoms with E-state index in [1.807, 2.05) is 18.0 Å². The van der Waals surface area contributed by atoms with Crippen molar-refractivity contribution in [1.82, 2.24) is 29.4 Å². The first-order chi connectivity index (χ1) is 18.7. The summed E-state index contributed by atoms with van der Waals surface area (Å²) in [6, 6.07) is 8.35. The Bertz CT molecular complexity index is 1550. The van der Waals surface area contributed by atoms with Crippen LogP contribution in [0.4, 0.5) is 29.3 Å². The number of rotatable bonds is 4. The van der Waals surface area contributed by atoms with E-state index in [2.05, 4.69) is 42.4 Å². The minimum absolute atomic E-state index is 0.0333. The number of hydrogen-bond donors (Lipinski definition) is 2. The molecule has 1 aliphatic heterocycles. The highest BCUT2D eigenvalue weighted by Gasteiger charge is 2.34. The number of urea groups is 1. The lowest BCUT2D eigenvalue weighted by molar-refractivity contribution is -0.138. The molecule has 9 nitrogen and oxygen atoms in total. The fraction of sp³-hybridized carbons (Fsp3) is 0.259. The second-order valence-electron chi connectivity index (χ2n) is 9.18. The van der Waals surface area contributed by atoms with Crippen molar-refractivity contribution in [2.24, 2.45) is 0 Å². The lowest BCUT2D eigenvalue weighted by Gasteiger charge is -2.33. The van der Waals surface area contributed by atoms with Crippen molar-refractivity contribution in [3.8, 4) is 11.8 Å². The van der Waals surface area contributed by atoms with Gasteiger partial charge in [-0.3, -0.25) is 9.88 Å². The Hall–Kier alpha value is -4.47. The molecule has 0 spiro atoms. The summed E-state index contributed by atoms with van der Waals surface area (Å²) in [6.45, 7) is 3.20. The Kier molecular flexibility index (Phi) is 7.44. The topological polar surface area (TPSA) is 90.7 Å². The molecule has 4 aromatic rings. The van der Waals surface area contributed by atoms with Crippen LogP contribution in [0.2, 0.25) is 0 Å². The summed E-state index contributed by atoms with van der Waals surface area (Å²) >= 11 is 0. The number of imidazole rings is 1. The Balaban J connectivity index is 1.26. The summed E-state index contributed by atoms with van der Waals surface area (Å²) in [5.41, 5.74) is 1.54. The number of alkyl halides is 3. The SMILES string of the molecule is CN1CCN(Cc2ccc(NC(=O)Nc3cncc(C#Cc4cnc5cccnn45)c3)cc2C(F)(F)F)CC1. The van der Waals surface area contributed by atoms with Gasteiger partial charge in [0.05, 0.1) is 23.6 Å². The Labute approximate surface area is 222 Å². The standard InChI is InChI=1S/C27H25F3N8O/c1-36-9-11-37(12-10-36)18-20-5-6-21(14-24(20)27(28,29)30)34-26(39)35-22-13-19(15-31-16-22)4-7-23-17-32-25-3-2-8-33-38(23)25/h2-3,5-6,8,13-17H,9-12,18H2,1H3,(H2,34,35,39). The van der Waals surface area contributed by atoms with Gasteiger partial charge in [0.15, 0.2) is 5.65 Å². The van der Waals surface area contributed by atoms with Crippen LogP contribution in [0.3, 0.4) is 0 Å². The molecule has 12 heteroatoms. The van der Waals surface area contributed by atoms with Gasteiger partial charge in [0.2, 0.25) is 0 Å². The summed E-state index contributed by atoms with van der Waals surface area (Å²) in [5.74, 6) is 5.92. The number of likely N-dealkylation sites (N-methyl/N-ethyl adjacent to an activating group) is 1. The molecule has 0 saturated carbocycles. The predicted octanol–water partition coefficient (Wildman–Crippen LogP) is 3.93. The van der Waals surface area contributed by atoms with Crippen LogP contribution in [0.5, 0.6) is 0 Å². The fourth-order valence-electron chi connectivity index (χ4n) is 4.22. The van der Waals surface area contributed by atoms with E-state index in [4.69, 9.17) is 0 Å². The molecule has 39 heavy (non-hydrogen) atoms. The number of pyridine rings is 1. The minimum atomic E-state index is -4.55. The van der Waals surface area contributed by atoms with Crippen LogP contribution in [0.25, 0.3) is 5.65 Å². The molecule has 1 fully saturated rings. The maximum Gasteiger partial charge on any atom is 0.416 e. The fourth-order valence-corrected chi connectivity index (χ4v) is 4.22. The van der Waals surface area contributed by atoms with Gasteiger partial charge in [0, 0.05) is 56.4 Å². The molecular formula is C27H25F3N8O. The smallest absolute Gasteiger partial charge is 0.308 e. The number of halogens is 3. The van der Waals surface area contributed by atoms with E-state index in [9.17, 15) is 18.0 Å². The van der Waals surface area contributed by atoms with Crippen LogP contribution < -0.4 is 10.6 Å². The zero-order valence-electron chi connectivity index (χ0n) is 21.0. The average molecular weight is 535 g/mol. The van der Waals surface area contributed by atoms with Gasteiger partial charge < -0.3 is 15.5 Å². The molecule has 0 bridgehead atoms. The Morgan fingerprint density at radius 3 is 2.59 bits per heavy atom. The van der Waals surface area contributed by atoms with Crippen molar-refractivity contribution in [3.05, 3.63) is 83.6 Å². The first-order valence-corrected chi connectivity index (χ1v) is 12.2. The number of piperazine rings is 1. The molecule has 1 aliphatic rings. The van der Waals surface area contributed by atoms with E-state index in [-0.39, 0.29) is 17.8 Å². The van der Waals surface area contributed by atoms with Gasteiger partial charge in [-0.05, 0) is 48.9 Å². The van der Waals surface area contributed by atoms with Crippen LogP contribution >= 0.6 is 0 Å². The van der Waals surface area contributed by atoms with E-state index < -0.39 is 17.8 Å². The molecule has 200 valence electrons. The van der Waals surface area contributed by atoms with Gasteiger partial charge in [-0.2, -0.15) is 18.3 Å². The van der Waals surface area contributed by atoms with Crippen molar-refractivity contribution < 1.29 is 18.0 Å². The van der Waals surface area contributed by atoms with Crippen molar-refractivity contribution in [2.45, 2.75) is 12.7 Å². The molecule has 2 amide bonds. The van der Waals surface area contributed by atoms with Gasteiger partial charge >= 0.3 is 12.2 Å². The number of carbonyl (C=O) groups is 1. The molecule has 4 heterocycles. The van der Waals surface area contributed by atoms with Gasteiger partial charge in [-0.15, -0.1) is 0 Å². The number of nitrogens with zero attached hydrogens (tertiary/aromatic N) is 6. The third kappa shape index (κ3) is 6.51. The van der Waals surface area contributed by atoms with Crippen molar-refractivity contribution in [3.63, 3.8) is 0 Å². The Morgan fingerprint density at radius 2 is 1.79 bits per heavy atom. The minimum Gasteiger partial charge on any atom is -0.308 e. The van der Waals surface area contributed by atoms with Crippen molar-refractivity contribution in [1.29, 1.82) is 0 Å². The summed E-state index contributed by atoms with van der Waals surface area (Å²) < 4.78 is 43.1. The molecule has 1 saturated heterocycles. The molecule has 1 aromatic carbocycles. The zero-order chi connectivity index (χ0) is 27.4. The monoisotopic (exact) mass is 534 g/mol. The van der Waals surface area contributed by atoms with E-state index in [0.717, 1.165) is 19.2 Å². The maximum atomic E-state index is 13.8. The van der Waals surface area contributed by atoms with E-state index >= 15 is 0 Å². The third-order valence-electron chi connectivity index (χ3n) is 6.27. The molecule has 2 N–H and O–H groups in total. The molecule has 0 radical (unpaired) electrons. The summed E-state index contributed by atoms with van der Waals surface area (Å²) in [4.78, 5) is 25.0. The second kappa shape index (κ2) is 11.1. The first kappa shape index (κ1) is 26.1. The van der Waals surface area contributed by atoms with Crippen molar-refractivity contribution in [2.75, 3.05) is 43.9 Å². The number of fused-ring (bicyclic) bond motifs is 1. The Morgan fingerprint density at radius 1 is 1.00 bits per heavy atom. The normalized spacial score (nSPS) is 14.6. The molecule has 0 atom stereocenters. The van der Waals surface area contributed by atoms with Crippen LogP contribution in [-0.2, 0) is 12.7 Å². The average Bonchev–Trinajstić information content (AvgIpc) is 3.32. The maximum absolute atomic E-state index is 13.8. The predicted molar refractivity (Wildman–Crippen MR) is 140 cm³/mol. The van der Waals surface area contributed by atoms with Crippen LogP contribution in [-0.4, -0.2) is 68.6 Å². The van der Waals surface area contributed by atoms with Crippen molar-refractivity contribution >= 4 is 23.1 Å². The molecule has 0 unspecified atom stereocenters. The van der Waals surface area contributed by atoms with Gasteiger partial charge in [-0.1, -0.05) is 12.0 Å². The van der Waals surface area contributed by atoms with Crippen LogP contribution in [0.1, 0.15) is 22.4 Å². The molecular weight excluding hydrogens is 509 g/mol. The molecule has 0 aliphatic carbocycles. The van der Waals surface area contributed by atoms with E-state index in [0.29, 0.717) is 35.7 Å². The highest BCUT2D eigenvalue weighted by Crippen LogP contribution is 2.34. The number of hydrogen-bond acceptors (Lipinski definition) is 6.